The van der Waals surface area contributed by atoms with Crippen molar-refractivity contribution in [2.24, 2.45) is 17.8 Å². The van der Waals surface area contributed by atoms with Crippen molar-refractivity contribution in [2.75, 3.05) is 6.54 Å². The van der Waals surface area contributed by atoms with E-state index in [2.05, 4.69) is 19.2 Å². The molecule has 2 rings (SSSR count). The van der Waals surface area contributed by atoms with E-state index in [-0.39, 0.29) is 0 Å². The normalized spacial score (nSPS) is 34.0. The SMILES string of the molecule is CCNC(CC1CC1)C1CCC(C)CC1. The van der Waals surface area contributed by atoms with Gasteiger partial charge in [0.15, 0.2) is 0 Å². The maximum atomic E-state index is 3.74. The van der Waals surface area contributed by atoms with Crippen molar-refractivity contribution in [1.82, 2.24) is 5.32 Å². The van der Waals surface area contributed by atoms with Gasteiger partial charge in [0.1, 0.15) is 0 Å². The first-order chi connectivity index (χ1) is 7.29. The molecule has 0 aromatic rings. The minimum Gasteiger partial charge on any atom is -0.314 e. The van der Waals surface area contributed by atoms with E-state index in [9.17, 15) is 0 Å². The molecule has 88 valence electrons. The minimum atomic E-state index is 0.843. The van der Waals surface area contributed by atoms with Crippen molar-refractivity contribution in [3.05, 3.63) is 0 Å². The zero-order valence-corrected chi connectivity index (χ0v) is 10.5. The second kappa shape index (κ2) is 5.34. The molecule has 0 heterocycles. The van der Waals surface area contributed by atoms with Crippen LogP contribution in [0.5, 0.6) is 0 Å². The van der Waals surface area contributed by atoms with E-state index in [1.165, 1.54) is 44.9 Å². The van der Waals surface area contributed by atoms with E-state index in [0.29, 0.717) is 0 Å². The molecule has 2 aliphatic rings. The van der Waals surface area contributed by atoms with Crippen LogP contribution in [0.3, 0.4) is 0 Å². The van der Waals surface area contributed by atoms with Crippen LogP contribution in [0, 0.1) is 17.8 Å². The molecule has 0 spiro atoms. The van der Waals surface area contributed by atoms with Crippen LogP contribution in [-0.2, 0) is 0 Å². The van der Waals surface area contributed by atoms with Crippen LogP contribution in [0.2, 0.25) is 0 Å². The van der Waals surface area contributed by atoms with E-state index >= 15 is 0 Å². The fourth-order valence-electron chi connectivity index (χ4n) is 3.11. The van der Waals surface area contributed by atoms with Gasteiger partial charge in [-0.2, -0.15) is 0 Å². The monoisotopic (exact) mass is 209 g/mol. The van der Waals surface area contributed by atoms with Crippen molar-refractivity contribution in [1.29, 1.82) is 0 Å². The third-order valence-corrected chi connectivity index (χ3v) is 4.38. The van der Waals surface area contributed by atoms with E-state index in [4.69, 9.17) is 0 Å². The summed E-state index contributed by atoms with van der Waals surface area (Å²) in [5.41, 5.74) is 0. The van der Waals surface area contributed by atoms with Gasteiger partial charge in [-0.3, -0.25) is 0 Å². The van der Waals surface area contributed by atoms with Crippen LogP contribution in [0.25, 0.3) is 0 Å². The average molecular weight is 209 g/mol. The third kappa shape index (κ3) is 3.48. The fourth-order valence-corrected chi connectivity index (χ4v) is 3.11. The Morgan fingerprint density at radius 3 is 2.27 bits per heavy atom. The molecule has 2 aliphatic carbocycles. The quantitative estimate of drug-likeness (QED) is 0.729. The van der Waals surface area contributed by atoms with Crippen LogP contribution in [-0.4, -0.2) is 12.6 Å². The molecular formula is C14H27N. The number of nitrogens with one attached hydrogen (secondary N) is 1. The zero-order valence-electron chi connectivity index (χ0n) is 10.5. The highest BCUT2D eigenvalue weighted by molar-refractivity contribution is 4.86. The summed E-state index contributed by atoms with van der Waals surface area (Å²) in [6.45, 7) is 5.83. The van der Waals surface area contributed by atoms with Gasteiger partial charge in [-0.05, 0) is 43.6 Å². The van der Waals surface area contributed by atoms with Crippen molar-refractivity contribution in [2.45, 2.75) is 64.8 Å². The van der Waals surface area contributed by atoms with Gasteiger partial charge in [0.25, 0.3) is 0 Å². The van der Waals surface area contributed by atoms with Crippen molar-refractivity contribution >= 4 is 0 Å². The standard InChI is InChI=1S/C14H27N/c1-3-15-14(10-12-6-7-12)13-8-4-11(2)5-9-13/h11-15H,3-10H2,1-2H3. The van der Waals surface area contributed by atoms with Gasteiger partial charge in [0.2, 0.25) is 0 Å². The van der Waals surface area contributed by atoms with Crippen LogP contribution in [0.1, 0.15) is 58.8 Å². The Balaban J connectivity index is 1.79. The summed E-state index contributed by atoms with van der Waals surface area (Å²) < 4.78 is 0. The van der Waals surface area contributed by atoms with Crippen LogP contribution in [0.4, 0.5) is 0 Å². The molecule has 0 aromatic heterocycles. The molecule has 0 aromatic carbocycles. The highest BCUT2D eigenvalue weighted by Crippen LogP contribution is 2.38. The molecule has 0 amide bonds. The Kier molecular flexibility index (Phi) is 4.07. The molecule has 15 heavy (non-hydrogen) atoms. The van der Waals surface area contributed by atoms with Gasteiger partial charge < -0.3 is 5.32 Å². The van der Waals surface area contributed by atoms with E-state index in [1.807, 2.05) is 0 Å². The summed E-state index contributed by atoms with van der Waals surface area (Å²) in [5, 5.41) is 3.74. The Hall–Kier alpha value is -0.0400. The largest absolute Gasteiger partial charge is 0.314 e. The molecule has 2 fully saturated rings. The lowest BCUT2D eigenvalue weighted by molar-refractivity contribution is 0.219. The fraction of sp³-hybridized carbons (Fsp3) is 1.00. The molecule has 1 heteroatoms. The van der Waals surface area contributed by atoms with Crippen LogP contribution < -0.4 is 5.32 Å². The lowest BCUT2D eigenvalue weighted by atomic mass is 9.78. The Morgan fingerprint density at radius 1 is 1.07 bits per heavy atom. The van der Waals surface area contributed by atoms with Crippen LogP contribution >= 0.6 is 0 Å². The number of rotatable bonds is 5. The van der Waals surface area contributed by atoms with E-state index in [0.717, 1.165) is 30.3 Å². The molecule has 0 saturated heterocycles. The average Bonchev–Trinajstić information content (AvgIpc) is 3.02. The molecule has 1 atom stereocenters. The molecule has 0 bridgehead atoms. The predicted octanol–water partition coefficient (Wildman–Crippen LogP) is 3.59. The first kappa shape index (κ1) is 11.4. The van der Waals surface area contributed by atoms with E-state index in [1.54, 1.807) is 0 Å². The molecule has 1 N–H and O–H groups in total. The summed E-state index contributed by atoms with van der Waals surface area (Å²) in [4.78, 5) is 0. The summed E-state index contributed by atoms with van der Waals surface area (Å²) in [7, 11) is 0. The second-order valence-corrected chi connectivity index (χ2v) is 5.86. The first-order valence-electron chi connectivity index (χ1n) is 7.03. The molecule has 1 unspecified atom stereocenters. The highest BCUT2D eigenvalue weighted by Gasteiger charge is 2.31. The van der Waals surface area contributed by atoms with Gasteiger partial charge >= 0.3 is 0 Å². The predicted molar refractivity (Wildman–Crippen MR) is 65.9 cm³/mol. The maximum Gasteiger partial charge on any atom is 0.00978 e. The summed E-state index contributed by atoms with van der Waals surface area (Å²) in [6, 6.07) is 0.843. The number of hydrogen-bond donors (Lipinski definition) is 1. The van der Waals surface area contributed by atoms with Gasteiger partial charge in [-0.25, -0.2) is 0 Å². The van der Waals surface area contributed by atoms with Crippen molar-refractivity contribution in [3.63, 3.8) is 0 Å². The van der Waals surface area contributed by atoms with Gasteiger partial charge in [-0.15, -0.1) is 0 Å². The zero-order chi connectivity index (χ0) is 10.7. The van der Waals surface area contributed by atoms with Crippen molar-refractivity contribution in [3.8, 4) is 0 Å². The maximum absolute atomic E-state index is 3.74. The van der Waals surface area contributed by atoms with Gasteiger partial charge in [0, 0.05) is 6.04 Å². The molecular weight excluding hydrogens is 182 g/mol. The molecule has 0 radical (unpaired) electrons. The molecule has 1 nitrogen and oxygen atoms in total. The lowest BCUT2D eigenvalue weighted by Crippen LogP contribution is -2.38. The topological polar surface area (TPSA) is 12.0 Å². The van der Waals surface area contributed by atoms with Gasteiger partial charge in [-0.1, -0.05) is 39.5 Å². The first-order valence-corrected chi connectivity index (χ1v) is 7.03. The Morgan fingerprint density at radius 2 is 1.73 bits per heavy atom. The summed E-state index contributed by atoms with van der Waals surface area (Å²) in [5.74, 6) is 3.06. The molecule has 2 saturated carbocycles. The Bertz CT molecular complexity index is 178. The summed E-state index contributed by atoms with van der Waals surface area (Å²) >= 11 is 0. The Labute approximate surface area is 95.0 Å². The minimum absolute atomic E-state index is 0.843. The molecule has 0 aliphatic heterocycles. The smallest absolute Gasteiger partial charge is 0.00978 e. The van der Waals surface area contributed by atoms with Gasteiger partial charge in [0.05, 0.1) is 0 Å². The lowest BCUT2D eigenvalue weighted by Gasteiger charge is -2.33. The van der Waals surface area contributed by atoms with E-state index < -0.39 is 0 Å². The summed E-state index contributed by atoms with van der Waals surface area (Å²) in [6.07, 6.45) is 10.4. The number of hydrogen-bond acceptors (Lipinski definition) is 1. The van der Waals surface area contributed by atoms with Crippen molar-refractivity contribution < 1.29 is 0 Å². The highest BCUT2D eigenvalue weighted by atomic mass is 14.9. The van der Waals surface area contributed by atoms with Crippen LogP contribution in [0.15, 0.2) is 0 Å². The third-order valence-electron chi connectivity index (χ3n) is 4.38. The second-order valence-electron chi connectivity index (χ2n) is 5.86.